The minimum absolute atomic E-state index is 0.0386. The Balaban J connectivity index is 1.70. The maximum Gasteiger partial charge on any atom is 0.269 e. The number of non-ortho nitro benzene ring substituents is 1. The summed E-state index contributed by atoms with van der Waals surface area (Å²) in [5.74, 6) is 0.158. The quantitative estimate of drug-likeness (QED) is 0.137. The van der Waals surface area contributed by atoms with Gasteiger partial charge in [0.25, 0.3) is 5.69 Å². The summed E-state index contributed by atoms with van der Waals surface area (Å²) in [7, 11) is 0. The number of hydrogen-bond acceptors (Lipinski definition) is 7. The summed E-state index contributed by atoms with van der Waals surface area (Å²) in [6.07, 6.45) is 4.87. The van der Waals surface area contributed by atoms with Gasteiger partial charge in [-0.25, -0.2) is 0 Å². The number of benzene rings is 4. The van der Waals surface area contributed by atoms with Gasteiger partial charge in [0, 0.05) is 52.8 Å². The molecule has 2 N–H and O–H groups in total. The zero-order valence-electron chi connectivity index (χ0n) is 20.7. The van der Waals surface area contributed by atoms with E-state index >= 15 is 0 Å². The predicted molar refractivity (Wildman–Crippen MR) is 152 cm³/mol. The monoisotopic (exact) mass is 516 g/mol. The fourth-order valence-electron chi connectivity index (χ4n) is 4.36. The molecule has 0 saturated heterocycles. The van der Waals surface area contributed by atoms with E-state index in [9.17, 15) is 20.3 Å². The van der Waals surface area contributed by atoms with Crippen LogP contribution in [0.3, 0.4) is 0 Å². The average Bonchev–Trinajstić information content (AvgIpc) is 2.96. The number of nitrogens with zero attached hydrogens (tertiary/aromatic N) is 4. The first kappa shape index (κ1) is 25.3. The van der Waals surface area contributed by atoms with Crippen LogP contribution in [0.2, 0.25) is 0 Å². The molecule has 5 rings (SSSR count). The molecular weight excluding hydrogens is 492 g/mol. The fourth-order valence-corrected chi connectivity index (χ4v) is 4.36. The molecule has 1 heterocycles. The van der Waals surface area contributed by atoms with Crippen molar-refractivity contribution in [3.8, 4) is 11.5 Å². The van der Waals surface area contributed by atoms with Gasteiger partial charge in [0.05, 0.1) is 10.4 Å². The second kappa shape index (κ2) is 11.4. The third-order valence-electron chi connectivity index (χ3n) is 6.35. The molecule has 0 saturated carbocycles. The Hall–Kier alpha value is -5.37. The van der Waals surface area contributed by atoms with Crippen molar-refractivity contribution in [1.82, 2.24) is 4.98 Å². The highest BCUT2D eigenvalue weighted by atomic mass is 16.6. The van der Waals surface area contributed by atoms with Crippen LogP contribution < -0.4 is 0 Å². The van der Waals surface area contributed by atoms with E-state index in [1.807, 2.05) is 30.3 Å². The molecular formula is C31H24N4O4. The van der Waals surface area contributed by atoms with Crippen LogP contribution in [-0.4, -0.2) is 32.5 Å². The molecule has 0 unspecified atom stereocenters. The van der Waals surface area contributed by atoms with Crippen LogP contribution in [0.25, 0.3) is 10.9 Å². The van der Waals surface area contributed by atoms with Crippen LogP contribution in [-0.2, 0) is 0 Å². The third kappa shape index (κ3) is 5.65. The minimum atomic E-state index is -0.653. The lowest BCUT2D eigenvalue weighted by Gasteiger charge is -2.23. The number of aliphatic imine (C=N–C) groups is 2. The third-order valence-corrected chi connectivity index (χ3v) is 6.35. The number of rotatable bonds is 8. The Bertz CT molecular complexity index is 1680. The van der Waals surface area contributed by atoms with Crippen molar-refractivity contribution in [2.24, 2.45) is 9.98 Å². The molecule has 0 aliphatic carbocycles. The van der Waals surface area contributed by atoms with E-state index in [0.29, 0.717) is 16.7 Å². The molecule has 0 aliphatic heterocycles. The summed E-state index contributed by atoms with van der Waals surface area (Å²) in [5.41, 5.74) is 3.22. The Morgan fingerprint density at radius 3 is 1.92 bits per heavy atom. The summed E-state index contributed by atoms with van der Waals surface area (Å²) in [4.78, 5) is 25.2. The predicted octanol–water partition coefficient (Wildman–Crippen LogP) is 6.57. The van der Waals surface area contributed by atoms with Crippen molar-refractivity contribution in [2.75, 3.05) is 0 Å². The van der Waals surface area contributed by atoms with Crippen LogP contribution in [0, 0.1) is 10.1 Å². The van der Waals surface area contributed by atoms with E-state index < -0.39 is 17.0 Å². The van der Waals surface area contributed by atoms with E-state index in [4.69, 9.17) is 9.98 Å². The van der Waals surface area contributed by atoms with Crippen molar-refractivity contribution >= 4 is 29.0 Å². The largest absolute Gasteiger partial charge is 0.507 e. The Morgan fingerprint density at radius 2 is 1.31 bits per heavy atom. The van der Waals surface area contributed by atoms with Crippen molar-refractivity contribution in [2.45, 2.75) is 12.1 Å². The highest BCUT2D eigenvalue weighted by Crippen LogP contribution is 2.39. The molecule has 8 heteroatoms. The molecule has 1 aromatic heterocycles. The van der Waals surface area contributed by atoms with E-state index in [-0.39, 0.29) is 17.2 Å². The van der Waals surface area contributed by atoms with Gasteiger partial charge < -0.3 is 10.2 Å². The van der Waals surface area contributed by atoms with Gasteiger partial charge in [-0.2, -0.15) is 0 Å². The number of nitro benzene ring substituents is 1. The van der Waals surface area contributed by atoms with Gasteiger partial charge in [-0.05, 0) is 48.0 Å². The molecule has 5 aromatic rings. The molecule has 39 heavy (non-hydrogen) atoms. The Morgan fingerprint density at radius 1 is 0.718 bits per heavy atom. The van der Waals surface area contributed by atoms with E-state index in [1.165, 1.54) is 12.1 Å². The lowest BCUT2D eigenvalue weighted by atomic mass is 9.92. The van der Waals surface area contributed by atoms with Gasteiger partial charge in [-0.15, -0.1) is 0 Å². The first-order valence-corrected chi connectivity index (χ1v) is 12.2. The maximum absolute atomic E-state index is 11.3. The van der Waals surface area contributed by atoms with E-state index in [2.05, 4.69) is 4.98 Å². The number of hydrogen-bond donors (Lipinski definition) is 2. The van der Waals surface area contributed by atoms with Crippen LogP contribution in [0.5, 0.6) is 11.5 Å². The minimum Gasteiger partial charge on any atom is -0.507 e. The number of aromatic nitrogens is 1. The molecule has 0 amide bonds. The smallest absolute Gasteiger partial charge is 0.269 e. The normalized spacial score (nSPS) is 13.1. The van der Waals surface area contributed by atoms with Crippen molar-refractivity contribution in [1.29, 1.82) is 0 Å². The SMILES string of the molecule is O=[N+]([O-])c1ccc([C@H](/N=C/c2ccccc2O)[C@@H](/N=C/c2ccccc2O)c2cccc3cccnc23)cc1. The average molecular weight is 517 g/mol. The number of para-hydroxylation sites is 3. The maximum atomic E-state index is 11.3. The number of pyridine rings is 1. The lowest BCUT2D eigenvalue weighted by Crippen LogP contribution is -2.10. The molecule has 0 radical (unpaired) electrons. The van der Waals surface area contributed by atoms with Crippen LogP contribution >= 0.6 is 0 Å². The van der Waals surface area contributed by atoms with E-state index in [0.717, 1.165) is 16.5 Å². The number of fused-ring (bicyclic) bond motifs is 1. The highest BCUT2D eigenvalue weighted by molar-refractivity contribution is 5.86. The van der Waals surface area contributed by atoms with Gasteiger partial charge in [-0.3, -0.25) is 25.1 Å². The van der Waals surface area contributed by atoms with Gasteiger partial charge in [0.1, 0.15) is 23.6 Å². The summed E-state index contributed by atoms with van der Waals surface area (Å²) in [6, 6.07) is 28.2. The van der Waals surface area contributed by atoms with Crippen LogP contribution in [0.1, 0.15) is 34.3 Å². The summed E-state index contributed by atoms with van der Waals surface area (Å²) >= 11 is 0. The molecule has 4 aromatic carbocycles. The van der Waals surface area contributed by atoms with Crippen molar-refractivity contribution in [3.63, 3.8) is 0 Å². The number of phenolic OH excluding ortho intramolecular Hbond substituents is 2. The molecule has 192 valence electrons. The summed E-state index contributed by atoms with van der Waals surface area (Å²) < 4.78 is 0. The molecule has 8 nitrogen and oxygen atoms in total. The van der Waals surface area contributed by atoms with Gasteiger partial charge in [0.2, 0.25) is 0 Å². The summed E-state index contributed by atoms with van der Waals surface area (Å²) in [5, 5.41) is 32.9. The standard InChI is InChI=1S/C31H24N4O4/c36-27-12-3-1-7-23(27)19-33-30(22-14-16-25(17-15-22)35(38)39)31(34-20-24-8-2-4-13-28(24)37)26-11-5-9-21-10-6-18-32-29(21)26/h1-20,30-31,36-37H/b33-19+,34-20+/t30-,31-/m0/s1. The Kier molecular flexibility index (Phi) is 7.36. The van der Waals surface area contributed by atoms with Crippen LogP contribution in [0.15, 0.2) is 119 Å². The number of phenols is 2. The number of aromatic hydroxyl groups is 2. The van der Waals surface area contributed by atoms with E-state index in [1.54, 1.807) is 79.3 Å². The molecule has 0 bridgehead atoms. The van der Waals surface area contributed by atoms with Gasteiger partial charge >= 0.3 is 0 Å². The topological polar surface area (TPSA) is 121 Å². The number of nitro groups is 1. The second-order valence-corrected chi connectivity index (χ2v) is 8.83. The zero-order valence-corrected chi connectivity index (χ0v) is 20.7. The van der Waals surface area contributed by atoms with Crippen molar-refractivity contribution < 1.29 is 15.1 Å². The molecule has 0 fully saturated rings. The van der Waals surface area contributed by atoms with Crippen LogP contribution in [0.4, 0.5) is 5.69 Å². The summed E-state index contributed by atoms with van der Waals surface area (Å²) in [6.45, 7) is 0. The Labute approximate surface area is 224 Å². The first-order valence-electron chi connectivity index (χ1n) is 12.2. The lowest BCUT2D eigenvalue weighted by molar-refractivity contribution is -0.384. The molecule has 0 spiro atoms. The van der Waals surface area contributed by atoms with Crippen molar-refractivity contribution in [3.05, 3.63) is 142 Å². The first-order chi connectivity index (χ1) is 19.0. The fraction of sp³-hybridized carbons (Fsp3) is 0.0645. The van der Waals surface area contributed by atoms with Gasteiger partial charge in [-0.1, -0.05) is 48.5 Å². The second-order valence-electron chi connectivity index (χ2n) is 8.83. The molecule has 0 aliphatic rings. The molecule has 2 atom stereocenters. The highest BCUT2D eigenvalue weighted by Gasteiger charge is 2.26. The van der Waals surface area contributed by atoms with Gasteiger partial charge in [0.15, 0.2) is 0 Å². The zero-order chi connectivity index (χ0) is 27.2.